The second-order valence-electron chi connectivity index (χ2n) is 4.37. The number of hydrogen-bond acceptors (Lipinski definition) is 4. The molecular weight excluding hydrogens is 220 g/mol. The molecule has 0 aliphatic heterocycles. The minimum Gasteiger partial charge on any atom is -0.468 e. The van der Waals surface area contributed by atoms with Crippen LogP contribution in [0.25, 0.3) is 0 Å². The van der Waals surface area contributed by atoms with Crippen molar-refractivity contribution in [1.82, 2.24) is 0 Å². The van der Waals surface area contributed by atoms with E-state index >= 15 is 0 Å². The third-order valence-corrected chi connectivity index (χ3v) is 3.31. The third-order valence-electron chi connectivity index (χ3n) is 3.31. The molecule has 2 atom stereocenters. The van der Waals surface area contributed by atoms with E-state index in [9.17, 15) is 9.59 Å². The van der Waals surface area contributed by atoms with Gasteiger partial charge in [-0.1, -0.05) is 31.2 Å². The molecule has 0 aromatic carbocycles. The molecule has 2 unspecified atom stereocenters. The number of carbonyl (C=O) groups is 2. The molecule has 0 spiro atoms. The van der Waals surface area contributed by atoms with Gasteiger partial charge in [0.15, 0.2) is 5.41 Å². The van der Waals surface area contributed by atoms with Crippen molar-refractivity contribution >= 4 is 11.9 Å². The summed E-state index contributed by atoms with van der Waals surface area (Å²) in [5.41, 5.74) is -0.303. The number of hydrogen-bond donors (Lipinski definition) is 0. The predicted octanol–water partition coefficient (Wildman–Crippen LogP) is 1.72. The topological polar surface area (TPSA) is 52.6 Å². The quantitative estimate of drug-likeness (QED) is 0.425. The number of carbonyl (C=O) groups excluding carboxylic acids is 2. The summed E-state index contributed by atoms with van der Waals surface area (Å²) in [6.45, 7) is 7.42. The normalized spacial score (nSPS) is 25.4. The van der Waals surface area contributed by atoms with Crippen molar-refractivity contribution in [2.75, 3.05) is 14.2 Å². The Morgan fingerprint density at radius 1 is 1.24 bits per heavy atom. The van der Waals surface area contributed by atoms with E-state index in [1.54, 1.807) is 6.08 Å². The predicted molar refractivity (Wildman–Crippen MR) is 63.1 cm³/mol. The van der Waals surface area contributed by atoms with Crippen molar-refractivity contribution in [1.29, 1.82) is 0 Å². The highest BCUT2D eigenvalue weighted by Crippen LogP contribution is 2.60. The summed E-state index contributed by atoms with van der Waals surface area (Å²) in [6.07, 6.45) is 3.62. The Bertz CT molecular complexity index is 365. The van der Waals surface area contributed by atoms with E-state index in [1.807, 2.05) is 19.9 Å². The zero-order valence-electron chi connectivity index (χ0n) is 10.6. The Hall–Kier alpha value is -1.58. The molecule has 0 N–H and O–H groups in total. The second kappa shape index (κ2) is 4.73. The highest BCUT2D eigenvalue weighted by atomic mass is 16.5. The molecule has 1 saturated carbocycles. The van der Waals surface area contributed by atoms with Crippen LogP contribution in [0.5, 0.6) is 0 Å². The van der Waals surface area contributed by atoms with Gasteiger partial charge < -0.3 is 9.47 Å². The van der Waals surface area contributed by atoms with Crippen LogP contribution in [0.4, 0.5) is 0 Å². The van der Waals surface area contributed by atoms with Gasteiger partial charge in [-0.15, -0.1) is 0 Å². The average Bonchev–Trinajstić information content (AvgIpc) is 2.90. The molecule has 0 aromatic heterocycles. The van der Waals surface area contributed by atoms with Gasteiger partial charge >= 0.3 is 11.9 Å². The molecular formula is C13H18O4. The van der Waals surface area contributed by atoms with E-state index in [-0.39, 0.29) is 11.8 Å². The first-order valence-corrected chi connectivity index (χ1v) is 5.43. The Morgan fingerprint density at radius 3 is 2.06 bits per heavy atom. The van der Waals surface area contributed by atoms with Crippen LogP contribution in [0.2, 0.25) is 0 Å². The monoisotopic (exact) mass is 238 g/mol. The Morgan fingerprint density at radius 2 is 1.71 bits per heavy atom. The number of methoxy groups -OCH3 is 2. The molecule has 0 bridgehead atoms. The van der Waals surface area contributed by atoms with E-state index in [4.69, 9.17) is 9.47 Å². The van der Waals surface area contributed by atoms with Crippen LogP contribution in [0, 0.1) is 17.3 Å². The Balaban J connectivity index is 3.00. The fourth-order valence-electron chi connectivity index (χ4n) is 2.25. The Kier molecular flexibility index (Phi) is 3.76. The van der Waals surface area contributed by atoms with E-state index in [0.29, 0.717) is 0 Å². The van der Waals surface area contributed by atoms with Crippen LogP contribution in [0.15, 0.2) is 24.3 Å². The van der Waals surface area contributed by atoms with Crippen LogP contribution in [0.3, 0.4) is 0 Å². The van der Waals surface area contributed by atoms with Crippen molar-refractivity contribution in [3.63, 3.8) is 0 Å². The van der Waals surface area contributed by atoms with Crippen LogP contribution in [-0.4, -0.2) is 26.2 Å². The van der Waals surface area contributed by atoms with Crippen molar-refractivity contribution in [3.8, 4) is 0 Å². The number of rotatable bonds is 4. The molecule has 0 aromatic rings. The summed E-state index contributed by atoms with van der Waals surface area (Å²) in [5, 5.41) is 0. The van der Waals surface area contributed by atoms with Gasteiger partial charge in [-0.2, -0.15) is 0 Å². The summed E-state index contributed by atoms with van der Waals surface area (Å²) in [7, 11) is 2.55. The maximum absolute atomic E-state index is 11.8. The van der Waals surface area contributed by atoms with Gasteiger partial charge in [0.05, 0.1) is 14.2 Å². The standard InChI is InChI=1S/C13H18O4/c1-8(2)6-7-10-9(3)13(10,11(14)16-4)12(15)17-5/h6-7,9-10H,1H2,2-5H3/b7-6+. The minimum absolute atomic E-state index is 0.113. The summed E-state index contributed by atoms with van der Waals surface area (Å²) in [4.78, 5) is 23.6. The SMILES string of the molecule is C=C(C)/C=C/C1C(C)C1(C(=O)OC)C(=O)OC. The van der Waals surface area contributed by atoms with Crippen LogP contribution < -0.4 is 0 Å². The molecule has 1 aliphatic rings. The minimum atomic E-state index is -1.17. The average molecular weight is 238 g/mol. The van der Waals surface area contributed by atoms with Gasteiger partial charge in [0, 0.05) is 5.92 Å². The van der Waals surface area contributed by atoms with Crippen LogP contribution in [-0.2, 0) is 19.1 Å². The highest BCUT2D eigenvalue weighted by Gasteiger charge is 2.73. The van der Waals surface area contributed by atoms with Crippen molar-refractivity contribution in [3.05, 3.63) is 24.3 Å². The molecule has 1 rings (SSSR count). The van der Waals surface area contributed by atoms with Crippen LogP contribution >= 0.6 is 0 Å². The molecule has 0 amide bonds. The van der Waals surface area contributed by atoms with Gasteiger partial charge in [0.2, 0.25) is 0 Å². The van der Waals surface area contributed by atoms with Crippen molar-refractivity contribution < 1.29 is 19.1 Å². The lowest BCUT2D eigenvalue weighted by Gasteiger charge is -2.11. The van der Waals surface area contributed by atoms with Gasteiger partial charge in [0.1, 0.15) is 0 Å². The molecule has 17 heavy (non-hydrogen) atoms. The molecule has 94 valence electrons. The van der Waals surface area contributed by atoms with E-state index in [0.717, 1.165) is 5.57 Å². The zero-order chi connectivity index (χ0) is 13.2. The largest absolute Gasteiger partial charge is 0.468 e. The first kappa shape index (κ1) is 13.5. The molecule has 4 heteroatoms. The van der Waals surface area contributed by atoms with Crippen molar-refractivity contribution in [2.24, 2.45) is 17.3 Å². The summed E-state index contributed by atoms with van der Waals surface area (Å²) >= 11 is 0. The fraction of sp³-hybridized carbons (Fsp3) is 0.538. The fourth-order valence-corrected chi connectivity index (χ4v) is 2.25. The molecule has 0 saturated heterocycles. The number of allylic oxidation sites excluding steroid dienone is 3. The van der Waals surface area contributed by atoms with Crippen LogP contribution in [0.1, 0.15) is 13.8 Å². The van der Waals surface area contributed by atoms with Gasteiger partial charge in [-0.25, -0.2) is 0 Å². The van der Waals surface area contributed by atoms with E-state index in [1.165, 1.54) is 14.2 Å². The first-order valence-electron chi connectivity index (χ1n) is 5.43. The highest BCUT2D eigenvalue weighted by molar-refractivity contribution is 6.04. The van der Waals surface area contributed by atoms with Gasteiger partial charge in [-0.3, -0.25) is 9.59 Å². The third kappa shape index (κ3) is 1.99. The van der Waals surface area contributed by atoms with Gasteiger partial charge in [0.25, 0.3) is 0 Å². The molecule has 1 aliphatic carbocycles. The molecule has 4 nitrogen and oxygen atoms in total. The van der Waals surface area contributed by atoms with E-state index in [2.05, 4.69) is 6.58 Å². The van der Waals surface area contributed by atoms with Crippen molar-refractivity contribution in [2.45, 2.75) is 13.8 Å². The summed E-state index contributed by atoms with van der Waals surface area (Å²) < 4.78 is 9.42. The summed E-state index contributed by atoms with van der Waals surface area (Å²) in [6, 6.07) is 0. The molecule has 0 heterocycles. The van der Waals surface area contributed by atoms with E-state index < -0.39 is 17.4 Å². The summed E-state index contributed by atoms with van der Waals surface area (Å²) in [5.74, 6) is -1.36. The molecule has 0 radical (unpaired) electrons. The second-order valence-corrected chi connectivity index (χ2v) is 4.37. The maximum atomic E-state index is 11.8. The lowest BCUT2D eigenvalue weighted by Crippen LogP contribution is -2.31. The first-order chi connectivity index (χ1) is 7.92. The Labute approximate surface area is 101 Å². The van der Waals surface area contributed by atoms with Gasteiger partial charge in [-0.05, 0) is 12.8 Å². The number of esters is 2. The number of ether oxygens (including phenoxy) is 2. The lowest BCUT2D eigenvalue weighted by molar-refractivity contribution is -0.162. The lowest BCUT2D eigenvalue weighted by atomic mass is 10.0. The zero-order valence-corrected chi connectivity index (χ0v) is 10.6. The smallest absolute Gasteiger partial charge is 0.324 e. The maximum Gasteiger partial charge on any atom is 0.324 e. The molecule has 1 fully saturated rings.